The molecule has 0 radical (unpaired) electrons. The van der Waals surface area contributed by atoms with Crippen LogP contribution in [0.1, 0.15) is 18.1 Å². The third kappa shape index (κ3) is 8.60. The Morgan fingerprint density at radius 2 is 1.75 bits per heavy atom. The number of nitrogens with one attached hydrogen (secondary N) is 2. The van der Waals surface area contributed by atoms with E-state index >= 15 is 0 Å². The number of hydrogen-bond donors (Lipinski definition) is 2. The average Bonchev–Trinajstić information content (AvgIpc) is 2.69. The predicted molar refractivity (Wildman–Crippen MR) is 124 cm³/mol. The number of rotatable bonds is 8. The molecular weight excluding hydrogens is 467 g/mol. The summed E-state index contributed by atoms with van der Waals surface area (Å²) >= 11 is 0. The third-order valence-corrected chi connectivity index (χ3v) is 3.83. The van der Waals surface area contributed by atoms with Gasteiger partial charge in [-0.3, -0.25) is 4.79 Å². The van der Waals surface area contributed by atoms with Gasteiger partial charge in [0.15, 0.2) is 12.6 Å². The molecule has 0 atom stereocenters. The molecular formula is C21H29IN4O2. The van der Waals surface area contributed by atoms with Crippen molar-refractivity contribution in [2.24, 2.45) is 4.99 Å². The van der Waals surface area contributed by atoms with Crippen LogP contribution in [-0.4, -0.2) is 44.0 Å². The summed E-state index contributed by atoms with van der Waals surface area (Å²) in [6, 6.07) is 17.8. The number of aliphatic imine (C=N–C) groups is 1. The summed E-state index contributed by atoms with van der Waals surface area (Å²) in [6.45, 7) is 4.08. The Bertz CT molecular complexity index is 751. The van der Waals surface area contributed by atoms with E-state index in [0.29, 0.717) is 18.8 Å². The maximum Gasteiger partial charge on any atom is 0.259 e. The van der Waals surface area contributed by atoms with Gasteiger partial charge in [0.05, 0.1) is 6.54 Å². The van der Waals surface area contributed by atoms with Gasteiger partial charge in [0, 0.05) is 27.2 Å². The number of guanidine groups is 1. The van der Waals surface area contributed by atoms with E-state index in [4.69, 9.17) is 4.74 Å². The van der Waals surface area contributed by atoms with E-state index in [9.17, 15) is 4.79 Å². The molecule has 0 aliphatic carbocycles. The number of carbonyl (C=O) groups excluding carboxylic acids is 1. The van der Waals surface area contributed by atoms with E-state index < -0.39 is 0 Å². The fourth-order valence-electron chi connectivity index (χ4n) is 2.30. The smallest absolute Gasteiger partial charge is 0.259 e. The van der Waals surface area contributed by atoms with E-state index in [1.165, 1.54) is 10.5 Å². The van der Waals surface area contributed by atoms with Crippen molar-refractivity contribution in [3.05, 3.63) is 65.7 Å². The molecule has 1 amide bonds. The van der Waals surface area contributed by atoms with E-state index in [1.54, 1.807) is 14.1 Å². The van der Waals surface area contributed by atoms with Crippen molar-refractivity contribution >= 4 is 35.8 Å². The van der Waals surface area contributed by atoms with Crippen LogP contribution >= 0.6 is 24.0 Å². The van der Waals surface area contributed by atoms with Crippen LogP contribution in [-0.2, 0) is 17.9 Å². The van der Waals surface area contributed by atoms with Gasteiger partial charge in [-0.05, 0) is 30.2 Å². The lowest BCUT2D eigenvalue weighted by atomic mass is 10.2. The molecule has 0 heterocycles. The van der Waals surface area contributed by atoms with Gasteiger partial charge >= 0.3 is 0 Å². The van der Waals surface area contributed by atoms with Gasteiger partial charge in [-0.1, -0.05) is 42.5 Å². The van der Waals surface area contributed by atoms with Gasteiger partial charge in [0.2, 0.25) is 0 Å². The minimum Gasteiger partial charge on any atom is -0.484 e. The number of amides is 1. The highest BCUT2D eigenvalue weighted by Crippen LogP contribution is 2.14. The van der Waals surface area contributed by atoms with Crippen LogP contribution in [0.4, 0.5) is 0 Å². The zero-order chi connectivity index (χ0) is 19.5. The highest BCUT2D eigenvalue weighted by atomic mass is 127. The largest absolute Gasteiger partial charge is 0.484 e. The molecule has 0 bridgehead atoms. The fourth-order valence-corrected chi connectivity index (χ4v) is 2.30. The molecule has 0 fully saturated rings. The molecule has 0 aromatic heterocycles. The summed E-state index contributed by atoms with van der Waals surface area (Å²) in [4.78, 5) is 17.8. The minimum absolute atomic E-state index is 0. The monoisotopic (exact) mass is 496 g/mol. The first-order valence-electron chi connectivity index (χ1n) is 9.06. The van der Waals surface area contributed by atoms with Crippen molar-refractivity contribution in [1.29, 1.82) is 0 Å². The highest BCUT2D eigenvalue weighted by molar-refractivity contribution is 14.0. The molecule has 0 aliphatic rings. The van der Waals surface area contributed by atoms with Crippen molar-refractivity contribution in [1.82, 2.24) is 15.5 Å². The second-order valence-electron chi connectivity index (χ2n) is 6.26. The molecule has 0 saturated heterocycles. The maximum atomic E-state index is 11.6. The lowest BCUT2D eigenvalue weighted by Gasteiger charge is -2.12. The molecule has 6 nitrogen and oxygen atoms in total. The van der Waals surface area contributed by atoms with Crippen molar-refractivity contribution in [3.8, 4) is 5.75 Å². The van der Waals surface area contributed by atoms with Crippen molar-refractivity contribution in [2.45, 2.75) is 20.0 Å². The Kier molecular flexibility index (Phi) is 11.0. The number of likely N-dealkylation sites (N-methyl/N-ethyl adjacent to an activating group) is 1. The molecule has 0 aliphatic heterocycles. The Hall–Kier alpha value is -2.29. The Balaban J connectivity index is 0.00000392. The molecule has 0 spiro atoms. The number of ether oxygens (including phenoxy) is 1. The van der Waals surface area contributed by atoms with E-state index in [0.717, 1.165) is 18.1 Å². The lowest BCUT2D eigenvalue weighted by Crippen LogP contribution is -2.36. The molecule has 2 aromatic rings. The Morgan fingerprint density at radius 3 is 2.43 bits per heavy atom. The van der Waals surface area contributed by atoms with Gasteiger partial charge in [-0.15, -0.1) is 24.0 Å². The molecule has 152 valence electrons. The van der Waals surface area contributed by atoms with Crippen LogP contribution in [0.5, 0.6) is 5.75 Å². The number of halogens is 1. The predicted octanol–water partition coefficient (Wildman–Crippen LogP) is 3.03. The SMILES string of the molecule is CCNC(=NCc1cccc(OCC(=O)N(C)C)c1)NCc1ccccc1.I. The Morgan fingerprint density at radius 1 is 1.04 bits per heavy atom. The molecule has 0 saturated carbocycles. The van der Waals surface area contributed by atoms with Crippen LogP contribution in [0.3, 0.4) is 0 Å². The zero-order valence-corrected chi connectivity index (χ0v) is 19.0. The summed E-state index contributed by atoms with van der Waals surface area (Å²) in [6.07, 6.45) is 0. The van der Waals surface area contributed by atoms with Crippen LogP contribution in [0.2, 0.25) is 0 Å². The first-order chi connectivity index (χ1) is 13.1. The highest BCUT2D eigenvalue weighted by Gasteiger charge is 2.05. The molecule has 2 N–H and O–H groups in total. The second-order valence-corrected chi connectivity index (χ2v) is 6.26. The first kappa shape index (κ1) is 23.7. The van der Waals surface area contributed by atoms with Gasteiger partial charge in [-0.2, -0.15) is 0 Å². The Labute approximate surface area is 184 Å². The van der Waals surface area contributed by atoms with Crippen LogP contribution in [0, 0.1) is 0 Å². The number of nitrogens with zero attached hydrogens (tertiary/aromatic N) is 2. The van der Waals surface area contributed by atoms with E-state index in [1.807, 2.05) is 49.4 Å². The molecule has 2 aromatic carbocycles. The third-order valence-electron chi connectivity index (χ3n) is 3.83. The van der Waals surface area contributed by atoms with Gasteiger partial charge < -0.3 is 20.3 Å². The summed E-state index contributed by atoms with van der Waals surface area (Å²) in [5.41, 5.74) is 2.21. The molecule has 28 heavy (non-hydrogen) atoms. The van der Waals surface area contributed by atoms with E-state index in [-0.39, 0.29) is 36.5 Å². The van der Waals surface area contributed by atoms with Gasteiger partial charge in [0.1, 0.15) is 5.75 Å². The van der Waals surface area contributed by atoms with Crippen LogP contribution in [0.15, 0.2) is 59.6 Å². The topological polar surface area (TPSA) is 66.0 Å². The van der Waals surface area contributed by atoms with Gasteiger partial charge in [0.25, 0.3) is 5.91 Å². The minimum atomic E-state index is -0.0713. The van der Waals surface area contributed by atoms with Crippen molar-refractivity contribution in [2.75, 3.05) is 27.2 Å². The lowest BCUT2D eigenvalue weighted by molar-refractivity contribution is -0.130. The molecule has 2 rings (SSSR count). The number of benzene rings is 2. The number of carbonyl (C=O) groups is 1. The number of hydrogen-bond acceptors (Lipinski definition) is 3. The van der Waals surface area contributed by atoms with Gasteiger partial charge in [-0.25, -0.2) is 4.99 Å². The van der Waals surface area contributed by atoms with E-state index in [2.05, 4.69) is 27.8 Å². The zero-order valence-electron chi connectivity index (χ0n) is 16.6. The summed E-state index contributed by atoms with van der Waals surface area (Å²) in [5.74, 6) is 1.36. The summed E-state index contributed by atoms with van der Waals surface area (Å²) < 4.78 is 5.56. The maximum absolute atomic E-state index is 11.6. The standard InChI is InChI=1S/C21H28N4O2.HI/c1-4-22-21(23-14-17-9-6-5-7-10-17)24-15-18-11-8-12-19(13-18)27-16-20(26)25(2)3;/h5-13H,4,14-16H2,1-3H3,(H2,22,23,24);1H. The summed E-state index contributed by atoms with van der Waals surface area (Å²) in [7, 11) is 3.42. The van der Waals surface area contributed by atoms with Crippen molar-refractivity contribution in [3.63, 3.8) is 0 Å². The summed E-state index contributed by atoms with van der Waals surface area (Å²) in [5, 5.41) is 6.58. The molecule has 0 unspecified atom stereocenters. The quantitative estimate of drug-likeness (QED) is 0.335. The van der Waals surface area contributed by atoms with Crippen LogP contribution in [0.25, 0.3) is 0 Å². The average molecular weight is 496 g/mol. The molecule has 7 heteroatoms. The second kappa shape index (κ2) is 13.0. The van der Waals surface area contributed by atoms with Crippen molar-refractivity contribution < 1.29 is 9.53 Å². The fraction of sp³-hybridized carbons (Fsp3) is 0.333. The first-order valence-corrected chi connectivity index (χ1v) is 9.06. The normalized spacial score (nSPS) is 10.6. The van der Waals surface area contributed by atoms with Crippen LogP contribution < -0.4 is 15.4 Å².